The van der Waals surface area contributed by atoms with E-state index < -0.39 is 18.2 Å². The van der Waals surface area contributed by atoms with E-state index in [1.165, 1.54) is 4.90 Å². The first-order valence-corrected chi connectivity index (χ1v) is 4.46. The third kappa shape index (κ3) is 2.02. The first kappa shape index (κ1) is 11.7. The number of hydrogen-bond acceptors (Lipinski definition) is 3. The number of β-amino-alcohol motifs (C(OH)–C–C–N with tert-alkyl or cyclic N) is 1. The van der Waals surface area contributed by atoms with Crippen LogP contribution in [0.1, 0.15) is 6.42 Å². The number of rotatable bonds is 3. The second kappa shape index (κ2) is 4.04. The molecule has 1 saturated heterocycles. The zero-order chi connectivity index (χ0) is 10.8. The number of alkyl halides is 3. The molecular weight excluding hydrogens is 199 g/mol. The van der Waals surface area contributed by atoms with Crippen LogP contribution in [0.25, 0.3) is 0 Å². The molecule has 1 aliphatic rings. The highest BCUT2D eigenvalue weighted by Gasteiger charge is 2.57. The maximum Gasteiger partial charge on any atom is 0.397 e. The number of aliphatic hydroxyl groups excluding tert-OH is 2. The van der Waals surface area contributed by atoms with Gasteiger partial charge in [-0.2, -0.15) is 13.2 Å². The van der Waals surface area contributed by atoms with Crippen molar-refractivity contribution in [1.29, 1.82) is 0 Å². The molecule has 2 N–H and O–H groups in total. The van der Waals surface area contributed by atoms with E-state index in [0.29, 0.717) is 0 Å². The lowest BCUT2D eigenvalue weighted by Crippen LogP contribution is -2.44. The third-order valence-corrected chi connectivity index (χ3v) is 2.75. The molecule has 3 nitrogen and oxygen atoms in total. The summed E-state index contributed by atoms with van der Waals surface area (Å²) in [5.41, 5.74) is -1.98. The van der Waals surface area contributed by atoms with Crippen molar-refractivity contribution < 1.29 is 23.4 Å². The zero-order valence-electron chi connectivity index (χ0n) is 7.72. The van der Waals surface area contributed by atoms with Gasteiger partial charge in [-0.05, 0) is 13.0 Å². The molecule has 0 aromatic heterocycles. The molecule has 1 unspecified atom stereocenters. The lowest BCUT2D eigenvalue weighted by Gasteiger charge is -2.29. The number of aliphatic hydroxyl groups is 2. The van der Waals surface area contributed by atoms with Gasteiger partial charge in [0.2, 0.25) is 0 Å². The maximum atomic E-state index is 12.6. The topological polar surface area (TPSA) is 43.7 Å². The van der Waals surface area contributed by atoms with Crippen LogP contribution < -0.4 is 0 Å². The predicted molar refractivity (Wildman–Crippen MR) is 43.7 cm³/mol. The van der Waals surface area contributed by atoms with Gasteiger partial charge in [-0.3, -0.25) is 0 Å². The highest BCUT2D eigenvalue weighted by Crippen LogP contribution is 2.44. The van der Waals surface area contributed by atoms with Gasteiger partial charge < -0.3 is 15.1 Å². The summed E-state index contributed by atoms with van der Waals surface area (Å²) in [4.78, 5) is 1.52. The lowest BCUT2D eigenvalue weighted by atomic mass is 9.87. The van der Waals surface area contributed by atoms with Crippen molar-refractivity contribution in [3.05, 3.63) is 0 Å². The molecule has 1 rings (SSSR count). The first-order chi connectivity index (χ1) is 6.45. The van der Waals surface area contributed by atoms with Gasteiger partial charge in [-0.25, -0.2) is 0 Å². The summed E-state index contributed by atoms with van der Waals surface area (Å²) in [6, 6.07) is 0. The van der Waals surface area contributed by atoms with Crippen LogP contribution in [0.3, 0.4) is 0 Å². The van der Waals surface area contributed by atoms with Crippen molar-refractivity contribution in [2.75, 3.05) is 32.8 Å². The van der Waals surface area contributed by atoms with Gasteiger partial charge in [-0.1, -0.05) is 0 Å². The van der Waals surface area contributed by atoms with Gasteiger partial charge in [0.1, 0.15) is 5.41 Å². The van der Waals surface area contributed by atoms with Gasteiger partial charge in [-0.15, -0.1) is 0 Å². The van der Waals surface area contributed by atoms with E-state index in [2.05, 4.69) is 0 Å². The highest BCUT2D eigenvalue weighted by molar-refractivity contribution is 4.94. The molecule has 0 spiro atoms. The molecule has 0 aromatic rings. The monoisotopic (exact) mass is 213 g/mol. The lowest BCUT2D eigenvalue weighted by molar-refractivity contribution is -0.230. The molecular formula is C8H14F3NO2. The average Bonchev–Trinajstić information content (AvgIpc) is 2.49. The SMILES string of the molecule is OCCN1CCC(CO)(C(F)(F)F)C1. The van der Waals surface area contributed by atoms with Gasteiger partial charge in [0.15, 0.2) is 0 Å². The summed E-state index contributed by atoms with van der Waals surface area (Å²) in [6.07, 6.45) is -4.46. The van der Waals surface area contributed by atoms with Crippen LogP contribution >= 0.6 is 0 Å². The molecule has 0 saturated carbocycles. The Morgan fingerprint density at radius 2 is 1.93 bits per heavy atom. The molecule has 0 bridgehead atoms. The van der Waals surface area contributed by atoms with Crippen molar-refractivity contribution in [1.82, 2.24) is 4.90 Å². The summed E-state index contributed by atoms with van der Waals surface area (Å²) < 4.78 is 37.7. The van der Waals surface area contributed by atoms with Gasteiger partial charge in [0.05, 0.1) is 13.2 Å². The van der Waals surface area contributed by atoms with Crippen LogP contribution in [0.15, 0.2) is 0 Å². The standard InChI is InChI=1S/C8H14F3NO2/c9-8(10,11)7(6-14)1-2-12(5-7)3-4-13/h13-14H,1-6H2. The third-order valence-electron chi connectivity index (χ3n) is 2.75. The quantitative estimate of drug-likeness (QED) is 0.705. The molecule has 84 valence electrons. The van der Waals surface area contributed by atoms with Crippen molar-refractivity contribution >= 4 is 0 Å². The Kier molecular flexibility index (Phi) is 3.39. The van der Waals surface area contributed by atoms with Crippen LogP contribution in [-0.2, 0) is 0 Å². The van der Waals surface area contributed by atoms with E-state index in [9.17, 15) is 13.2 Å². The molecule has 0 amide bonds. The van der Waals surface area contributed by atoms with Gasteiger partial charge in [0.25, 0.3) is 0 Å². The fourth-order valence-corrected chi connectivity index (χ4v) is 1.74. The molecule has 1 aliphatic heterocycles. The van der Waals surface area contributed by atoms with E-state index in [0.717, 1.165) is 0 Å². The molecule has 1 fully saturated rings. The number of likely N-dealkylation sites (tertiary alicyclic amines) is 1. The van der Waals surface area contributed by atoms with E-state index in [1.54, 1.807) is 0 Å². The fourth-order valence-electron chi connectivity index (χ4n) is 1.74. The Hall–Kier alpha value is -0.330. The largest absolute Gasteiger partial charge is 0.397 e. The van der Waals surface area contributed by atoms with Crippen LogP contribution in [0.2, 0.25) is 0 Å². The maximum absolute atomic E-state index is 12.6. The van der Waals surface area contributed by atoms with Crippen molar-refractivity contribution in [2.45, 2.75) is 12.6 Å². The predicted octanol–water partition coefficient (Wildman–Crippen LogP) is 0.225. The molecule has 14 heavy (non-hydrogen) atoms. The minimum atomic E-state index is -4.37. The molecule has 0 aromatic carbocycles. The fraction of sp³-hybridized carbons (Fsp3) is 1.00. The minimum Gasteiger partial charge on any atom is -0.395 e. The minimum absolute atomic E-state index is 0.0903. The van der Waals surface area contributed by atoms with Gasteiger partial charge >= 0.3 is 6.18 Å². The average molecular weight is 213 g/mol. The second-order valence-electron chi connectivity index (χ2n) is 3.69. The normalized spacial score (nSPS) is 29.8. The molecule has 1 atom stereocenters. The second-order valence-corrected chi connectivity index (χ2v) is 3.69. The summed E-state index contributed by atoms with van der Waals surface area (Å²) in [7, 11) is 0. The summed E-state index contributed by atoms with van der Waals surface area (Å²) in [5, 5.41) is 17.4. The van der Waals surface area contributed by atoms with E-state index in [-0.39, 0.29) is 32.7 Å². The molecule has 1 heterocycles. The van der Waals surface area contributed by atoms with Crippen LogP contribution in [0.5, 0.6) is 0 Å². The number of halogens is 3. The Labute approximate surface area is 80.1 Å². The van der Waals surface area contributed by atoms with Crippen molar-refractivity contribution in [3.63, 3.8) is 0 Å². The number of hydrogen-bond donors (Lipinski definition) is 2. The zero-order valence-corrected chi connectivity index (χ0v) is 7.72. The van der Waals surface area contributed by atoms with Crippen molar-refractivity contribution in [3.8, 4) is 0 Å². The Balaban J connectivity index is 2.66. The van der Waals surface area contributed by atoms with E-state index in [4.69, 9.17) is 10.2 Å². The molecule has 0 radical (unpaired) electrons. The number of nitrogens with zero attached hydrogens (tertiary/aromatic N) is 1. The highest BCUT2D eigenvalue weighted by atomic mass is 19.4. The van der Waals surface area contributed by atoms with Crippen LogP contribution in [-0.4, -0.2) is 54.1 Å². The van der Waals surface area contributed by atoms with Crippen LogP contribution in [0.4, 0.5) is 13.2 Å². The summed E-state index contributed by atoms with van der Waals surface area (Å²) >= 11 is 0. The van der Waals surface area contributed by atoms with Crippen LogP contribution in [0, 0.1) is 5.41 Å². The Morgan fingerprint density at radius 3 is 2.29 bits per heavy atom. The molecule has 6 heteroatoms. The summed E-state index contributed by atoms with van der Waals surface area (Å²) in [5.74, 6) is 0. The summed E-state index contributed by atoms with van der Waals surface area (Å²) in [6.45, 7) is -0.732. The Morgan fingerprint density at radius 1 is 1.29 bits per heavy atom. The molecule has 0 aliphatic carbocycles. The first-order valence-electron chi connectivity index (χ1n) is 4.46. The smallest absolute Gasteiger partial charge is 0.395 e. The van der Waals surface area contributed by atoms with Gasteiger partial charge in [0, 0.05) is 13.1 Å². The Bertz CT molecular complexity index is 198. The van der Waals surface area contributed by atoms with Crippen molar-refractivity contribution in [2.24, 2.45) is 5.41 Å². The van der Waals surface area contributed by atoms with E-state index >= 15 is 0 Å². The van der Waals surface area contributed by atoms with E-state index in [1.807, 2.05) is 0 Å².